The van der Waals surface area contributed by atoms with Crippen LogP contribution in [-0.2, 0) is 0 Å². The number of aliphatic hydroxyl groups is 1. The van der Waals surface area contributed by atoms with Gasteiger partial charge >= 0.3 is 0 Å². The van der Waals surface area contributed by atoms with E-state index in [9.17, 15) is 10.4 Å². The smallest absolute Gasteiger partial charge is 0.0861 e. The Labute approximate surface area is 110 Å². The van der Waals surface area contributed by atoms with Gasteiger partial charge in [0.2, 0.25) is 0 Å². The topological polar surface area (TPSA) is 47.3 Å². The summed E-state index contributed by atoms with van der Waals surface area (Å²) >= 11 is 0. The third-order valence-corrected chi connectivity index (χ3v) is 5.70. The van der Waals surface area contributed by atoms with Crippen molar-refractivity contribution in [1.29, 1.82) is 5.26 Å². The van der Waals surface area contributed by atoms with Crippen LogP contribution in [0.25, 0.3) is 0 Å². The second-order valence-electron chi connectivity index (χ2n) is 6.57. The van der Waals surface area contributed by atoms with Crippen LogP contribution in [0.5, 0.6) is 0 Å². The molecule has 3 rings (SSSR count). The van der Waals surface area contributed by atoms with Gasteiger partial charge in [0.15, 0.2) is 0 Å². The lowest BCUT2D eigenvalue weighted by atomic mass is 9.60. The molecule has 2 saturated heterocycles. The molecule has 1 N–H and O–H groups in total. The summed E-state index contributed by atoms with van der Waals surface area (Å²) in [5.41, 5.74) is -1.16. The standard InChI is InChI=1S/C15H24N2O/c16-12-14(6-2-1-3-7-14)15(18)8-10-17-9-4-5-13(17)11-15/h13,18H,1-11H2. The highest BCUT2D eigenvalue weighted by molar-refractivity contribution is 5.15. The van der Waals surface area contributed by atoms with Gasteiger partial charge in [-0.15, -0.1) is 0 Å². The van der Waals surface area contributed by atoms with Gasteiger partial charge in [0.1, 0.15) is 0 Å². The number of rotatable bonds is 1. The van der Waals surface area contributed by atoms with E-state index < -0.39 is 11.0 Å². The molecule has 1 aliphatic carbocycles. The van der Waals surface area contributed by atoms with Crippen molar-refractivity contribution in [3.05, 3.63) is 0 Å². The van der Waals surface area contributed by atoms with E-state index in [1.807, 2.05) is 0 Å². The molecule has 3 nitrogen and oxygen atoms in total. The molecule has 0 spiro atoms. The molecule has 2 aliphatic heterocycles. The van der Waals surface area contributed by atoms with E-state index >= 15 is 0 Å². The van der Waals surface area contributed by atoms with E-state index in [2.05, 4.69) is 11.0 Å². The van der Waals surface area contributed by atoms with Gasteiger partial charge in [0.05, 0.1) is 17.1 Å². The molecule has 3 fully saturated rings. The van der Waals surface area contributed by atoms with Crippen molar-refractivity contribution in [2.24, 2.45) is 5.41 Å². The maximum absolute atomic E-state index is 11.1. The molecule has 3 heteroatoms. The normalized spacial score (nSPS) is 40.1. The lowest BCUT2D eigenvalue weighted by molar-refractivity contribution is -0.119. The molecular weight excluding hydrogens is 224 g/mol. The Morgan fingerprint density at radius 1 is 1.06 bits per heavy atom. The number of hydrogen-bond acceptors (Lipinski definition) is 3. The highest BCUT2D eigenvalue weighted by Crippen LogP contribution is 2.51. The van der Waals surface area contributed by atoms with Crippen LogP contribution in [0.4, 0.5) is 0 Å². The van der Waals surface area contributed by atoms with Crippen LogP contribution in [0.2, 0.25) is 0 Å². The van der Waals surface area contributed by atoms with Crippen molar-refractivity contribution in [2.75, 3.05) is 13.1 Å². The average Bonchev–Trinajstić information content (AvgIpc) is 2.86. The van der Waals surface area contributed by atoms with Gasteiger partial charge in [-0.05, 0) is 45.1 Å². The third-order valence-electron chi connectivity index (χ3n) is 5.70. The molecule has 0 aromatic heterocycles. The first kappa shape index (κ1) is 12.4. The molecule has 0 radical (unpaired) electrons. The number of fused-ring (bicyclic) bond motifs is 1. The van der Waals surface area contributed by atoms with Crippen molar-refractivity contribution in [2.45, 2.75) is 69.4 Å². The van der Waals surface area contributed by atoms with E-state index in [4.69, 9.17) is 0 Å². The summed E-state index contributed by atoms with van der Waals surface area (Å²) in [7, 11) is 0. The van der Waals surface area contributed by atoms with Crippen molar-refractivity contribution < 1.29 is 5.11 Å². The summed E-state index contributed by atoms with van der Waals surface area (Å²) in [5.74, 6) is 0. The number of piperidine rings is 1. The number of nitriles is 1. The van der Waals surface area contributed by atoms with E-state index in [0.29, 0.717) is 6.04 Å². The SMILES string of the molecule is N#CC1(C2(O)CCN3CCCC3C2)CCCCC1. The Kier molecular flexibility index (Phi) is 3.11. The maximum atomic E-state index is 11.1. The fourth-order valence-corrected chi connectivity index (χ4v) is 4.51. The highest BCUT2D eigenvalue weighted by atomic mass is 16.3. The Bertz CT molecular complexity index is 356. The zero-order valence-electron chi connectivity index (χ0n) is 11.2. The first-order valence-electron chi connectivity index (χ1n) is 7.57. The quantitative estimate of drug-likeness (QED) is 0.775. The molecule has 1 saturated carbocycles. The summed E-state index contributed by atoms with van der Waals surface area (Å²) in [4.78, 5) is 2.52. The molecule has 0 aromatic rings. The fraction of sp³-hybridized carbons (Fsp3) is 0.933. The van der Waals surface area contributed by atoms with Gasteiger partial charge in [0.25, 0.3) is 0 Å². The molecule has 0 aromatic carbocycles. The molecular formula is C15H24N2O. The van der Waals surface area contributed by atoms with Crippen molar-refractivity contribution >= 4 is 0 Å². The molecule has 3 aliphatic rings. The summed E-state index contributed by atoms with van der Waals surface area (Å²) < 4.78 is 0. The molecule has 2 heterocycles. The summed E-state index contributed by atoms with van der Waals surface area (Å²) in [6, 6.07) is 3.08. The lowest BCUT2D eigenvalue weighted by Gasteiger charge is -2.50. The summed E-state index contributed by atoms with van der Waals surface area (Å²) in [6.45, 7) is 2.19. The van der Waals surface area contributed by atoms with Crippen LogP contribution >= 0.6 is 0 Å². The van der Waals surface area contributed by atoms with Crippen LogP contribution in [0.3, 0.4) is 0 Å². The second kappa shape index (κ2) is 4.51. The Morgan fingerprint density at radius 3 is 2.56 bits per heavy atom. The molecule has 0 bridgehead atoms. The largest absolute Gasteiger partial charge is 0.388 e. The Morgan fingerprint density at radius 2 is 1.83 bits per heavy atom. The lowest BCUT2D eigenvalue weighted by Crippen LogP contribution is -2.57. The molecule has 0 amide bonds. The molecule has 18 heavy (non-hydrogen) atoms. The fourth-order valence-electron chi connectivity index (χ4n) is 4.51. The average molecular weight is 248 g/mol. The van der Waals surface area contributed by atoms with Crippen LogP contribution in [0.1, 0.15) is 57.8 Å². The minimum atomic E-state index is -0.715. The predicted molar refractivity (Wildman–Crippen MR) is 69.9 cm³/mol. The van der Waals surface area contributed by atoms with E-state index in [1.54, 1.807) is 0 Å². The van der Waals surface area contributed by atoms with Crippen LogP contribution < -0.4 is 0 Å². The first-order chi connectivity index (χ1) is 8.69. The summed E-state index contributed by atoms with van der Waals surface area (Å²) in [5, 5.41) is 20.8. The van der Waals surface area contributed by atoms with Crippen molar-refractivity contribution in [3.8, 4) is 6.07 Å². The van der Waals surface area contributed by atoms with E-state index in [0.717, 1.165) is 45.1 Å². The van der Waals surface area contributed by atoms with Gasteiger partial charge in [-0.25, -0.2) is 0 Å². The Hall–Kier alpha value is -0.590. The van der Waals surface area contributed by atoms with Crippen LogP contribution in [0.15, 0.2) is 0 Å². The van der Waals surface area contributed by atoms with Gasteiger partial charge in [-0.3, -0.25) is 0 Å². The first-order valence-corrected chi connectivity index (χ1v) is 7.57. The minimum Gasteiger partial charge on any atom is -0.388 e. The maximum Gasteiger partial charge on any atom is 0.0861 e. The van der Waals surface area contributed by atoms with Crippen LogP contribution in [-0.4, -0.2) is 34.7 Å². The minimum absolute atomic E-state index is 0.445. The molecule has 2 atom stereocenters. The molecule has 2 unspecified atom stereocenters. The summed E-state index contributed by atoms with van der Waals surface area (Å²) in [6.07, 6.45) is 9.39. The van der Waals surface area contributed by atoms with Crippen LogP contribution in [0, 0.1) is 16.7 Å². The zero-order valence-corrected chi connectivity index (χ0v) is 11.2. The monoisotopic (exact) mass is 248 g/mol. The molecule has 100 valence electrons. The number of hydrogen-bond donors (Lipinski definition) is 1. The van der Waals surface area contributed by atoms with Crippen molar-refractivity contribution in [1.82, 2.24) is 4.90 Å². The van der Waals surface area contributed by atoms with Gasteiger partial charge in [-0.2, -0.15) is 5.26 Å². The van der Waals surface area contributed by atoms with Gasteiger partial charge in [0, 0.05) is 12.6 Å². The van der Waals surface area contributed by atoms with E-state index in [-0.39, 0.29) is 0 Å². The Balaban J connectivity index is 1.82. The van der Waals surface area contributed by atoms with E-state index in [1.165, 1.54) is 25.8 Å². The van der Waals surface area contributed by atoms with Crippen molar-refractivity contribution in [3.63, 3.8) is 0 Å². The third kappa shape index (κ3) is 1.78. The van der Waals surface area contributed by atoms with Gasteiger partial charge < -0.3 is 10.0 Å². The second-order valence-corrected chi connectivity index (χ2v) is 6.57. The highest BCUT2D eigenvalue weighted by Gasteiger charge is 2.54. The van der Waals surface area contributed by atoms with Gasteiger partial charge in [-0.1, -0.05) is 19.3 Å². The predicted octanol–water partition coefficient (Wildman–Crippen LogP) is 2.45. The zero-order chi connectivity index (χ0) is 12.6. The number of nitrogens with zero attached hydrogens (tertiary/aromatic N) is 2.